The lowest BCUT2D eigenvalue weighted by atomic mass is 10.0. The van der Waals surface area contributed by atoms with Crippen LogP contribution < -0.4 is 11.4 Å². The summed E-state index contributed by atoms with van der Waals surface area (Å²) in [5, 5.41) is 32.5. The van der Waals surface area contributed by atoms with Gasteiger partial charge in [-0.15, -0.1) is 0 Å². The topological polar surface area (TPSA) is 180 Å². The van der Waals surface area contributed by atoms with E-state index in [4.69, 9.17) is 21.1 Å². The lowest BCUT2D eigenvalue weighted by Gasteiger charge is -2.32. The van der Waals surface area contributed by atoms with Crippen molar-refractivity contribution in [3.05, 3.63) is 33.2 Å². The van der Waals surface area contributed by atoms with Crippen LogP contribution in [-0.4, -0.2) is 56.3 Å². The van der Waals surface area contributed by atoms with Crippen molar-refractivity contribution in [2.45, 2.75) is 24.0 Å². The van der Waals surface area contributed by atoms with E-state index in [0.29, 0.717) is 0 Å². The smallest absolute Gasteiger partial charge is 0.351 e. The molecule has 11 nitrogen and oxygen atoms in total. The Balaban J connectivity index is 2.57. The molecular formula is C10H14N6O5. The number of hydrogen-bond donors (Lipinski definition) is 4. The minimum Gasteiger partial charge on any atom is -0.394 e. The monoisotopic (exact) mass is 298 g/mol. The van der Waals surface area contributed by atoms with Crippen LogP contribution in [0.5, 0.6) is 0 Å². The van der Waals surface area contributed by atoms with Gasteiger partial charge in [0.05, 0.1) is 13.2 Å². The molecular weight excluding hydrogens is 284 g/mol. The Morgan fingerprint density at radius 1 is 1.62 bits per heavy atom. The van der Waals surface area contributed by atoms with Gasteiger partial charge in [0, 0.05) is 11.1 Å². The van der Waals surface area contributed by atoms with Gasteiger partial charge in [0.15, 0.2) is 5.72 Å². The van der Waals surface area contributed by atoms with E-state index in [-0.39, 0.29) is 5.82 Å². The summed E-state index contributed by atoms with van der Waals surface area (Å²) in [7, 11) is 0. The van der Waals surface area contributed by atoms with E-state index in [1.54, 1.807) is 0 Å². The number of aliphatic hydroxyl groups excluding tert-OH is 3. The molecule has 1 saturated heterocycles. The van der Waals surface area contributed by atoms with E-state index in [1.807, 2.05) is 0 Å². The number of aliphatic hydroxyl groups is 3. The Labute approximate surface area is 117 Å². The van der Waals surface area contributed by atoms with Gasteiger partial charge in [-0.3, -0.25) is 4.57 Å². The number of ether oxygens (including phenoxy) is 1. The summed E-state index contributed by atoms with van der Waals surface area (Å²) < 4.78 is 6.28. The lowest BCUT2D eigenvalue weighted by molar-refractivity contribution is -0.143. The molecule has 114 valence electrons. The molecule has 0 unspecified atom stereocenters. The fourth-order valence-electron chi connectivity index (χ4n) is 2.26. The second kappa shape index (κ2) is 5.68. The van der Waals surface area contributed by atoms with Crippen molar-refractivity contribution < 1.29 is 20.1 Å². The number of rotatable bonds is 4. The van der Waals surface area contributed by atoms with Gasteiger partial charge >= 0.3 is 5.69 Å². The van der Waals surface area contributed by atoms with Crippen LogP contribution >= 0.6 is 0 Å². The Kier molecular flexibility index (Phi) is 4.11. The molecule has 11 heteroatoms. The largest absolute Gasteiger partial charge is 0.394 e. The molecule has 1 fully saturated rings. The predicted octanol–water partition coefficient (Wildman–Crippen LogP) is -2.10. The second-order valence-corrected chi connectivity index (χ2v) is 4.51. The van der Waals surface area contributed by atoms with Gasteiger partial charge in [0.25, 0.3) is 0 Å². The standard InChI is InChI=1S/C10H14N6O5/c11-6-1-2-16(9(20)14-6)10(4-13-15-12)8(19)7(18)5(3-17)21-10/h1-2,5,7-8,17-19H,3-4H2,(H2,11,14,20)/t5-,7-,8-,10-/m1/s1. The Morgan fingerprint density at radius 2 is 2.33 bits per heavy atom. The minimum atomic E-state index is -1.86. The maximum atomic E-state index is 11.9. The summed E-state index contributed by atoms with van der Waals surface area (Å²) in [5.74, 6) is -0.0399. The summed E-state index contributed by atoms with van der Waals surface area (Å²) in [6.45, 7) is -1.07. The van der Waals surface area contributed by atoms with Gasteiger partial charge in [-0.1, -0.05) is 5.11 Å². The van der Waals surface area contributed by atoms with Gasteiger partial charge in [-0.25, -0.2) is 4.79 Å². The van der Waals surface area contributed by atoms with E-state index >= 15 is 0 Å². The molecule has 0 bridgehead atoms. The first-order valence-electron chi connectivity index (χ1n) is 5.97. The quantitative estimate of drug-likeness (QED) is 0.279. The van der Waals surface area contributed by atoms with Crippen molar-refractivity contribution in [1.82, 2.24) is 9.55 Å². The molecule has 0 spiro atoms. The molecule has 1 aliphatic heterocycles. The normalized spacial score (nSPS) is 31.9. The SMILES string of the molecule is [N-]=[N+]=NC[C@@]1(n2ccc(N)nc2=O)O[C@H](CO)[C@@H](O)[C@H]1O. The van der Waals surface area contributed by atoms with Crippen molar-refractivity contribution >= 4 is 5.82 Å². The Hall–Kier alpha value is -2.17. The molecule has 0 saturated carbocycles. The summed E-state index contributed by atoms with van der Waals surface area (Å²) in [6, 6.07) is 1.29. The van der Waals surface area contributed by atoms with Crippen LogP contribution in [0.4, 0.5) is 5.82 Å². The van der Waals surface area contributed by atoms with Crippen LogP contribution in [0.25, 0.3) is 10.4 Å². The van der Waals surface area contributed by atoms with Gasteiger partial charge in [0.2, 0.25) is 0 Å². The average molecular weight is 298 g/mol. The zero-order valence-corrected chi connectivity index (χ0v) is 10.8. The van der Waals surface area contributed by atoms with Crippen LogP contribution in [0.15, 0.2) is 22.2 Å². The fraction of sp³-hybridized carbons (Fsp3) is 0.600. The van der Waals surface area contributed by atoms with E-state index in [1.165, 1.54) is 12.3 Å². The van der Waals surface area contributed by atoms with Gasteiger partial charge < -0.3 is 25.8 Å². The van der Waals surface area contributed by atoms with Crippen LogP contribution in [0.2, 0.25) is 0 Å². The third-order valence-electron chi connectivity index (χ3n) is 3.30. The number of hydrogen-bond acceptors (Lipinski definition) is 8. The first-order valence-corrected chi connectivity index (χ1v) is 5.97. The van der Waals surface area contributed by atoms with Crippen molar-refractivity contribution in [1.29, 1.82) is 0 Å². The molecule has 2 heterocycles. The highest BCUT2D eigenvalue weighted by Gasteiger charge is 2.55. The molecule has 21 heavy (non-hydrogen) atoms. The first-order chi connectivity index (χ1) is 9.96. The number of aromatic nitrogens is 2. The van der Waals surface area contributed by atoms with Crippen molar-refractivity contribution in [3.63, 3.8) is 0 Å². The van der Waals surface area contributed by atoms with E-state index in [2.05, 4.69) is 15.0 Å². The van der Waals surface area contributed by atoms with Crippen LogP contribution in [0.3, 0.4) is 0 Å². The number of nitrogens with two attached hydrogens (primary N) is 1. The predicted molar refractivity (Wildman–Crippen MR) is 68.9 cm³/mol. The third kappa shape index (κ3) is 2.44. The molecule has 0 amide bonds. The van der Waals surface area contributed by atoms with Crippen LogP contribution in [-0.2, 0) is 10.5 Å². The zero-order chi connectivity index (χ0) is 15.6. The Morgan fingerprint density at radius 3 is 2.86 bits per heavy atom. The number of azide groups is 1. The molecule has 4 atom stereocenters. The highest BCUT2D eigenvalue weighted by atomic mass is 16.6. The van der Waals surface area contributed by atoms with E-state index < -0.39 is 42.9 Å². The minimum absolute atomic E-state index is 0.0399. The molecule has 1 aromatic rings. The van der Waals surface area contributed by atoms with E-state index in [9.17, 15) is 15.0 Å². The summed E-state index contributed by atoms with van der Waals surface area (Å²) in [6.07, 6.45) is -3.01. The maximum Gasteiger partial charge on any atom is 0.351 e. The molecule has 0 radical (unpaired) electrons. The maximum absolute atomic E-state index is 11.9. The molecule has 1 aliphatic rings. The summed E-state index contributed by atoms with van der Waals surface area (Å²) >= 11 is 0. The number of nitrogen functional groups attached to an aromatic ring is 1. The average Bonchev–Trinajstić information content (AvgIpc) is 2.70. The van der Waals surface area contributed by atoms with Gasteiger partial charge in [0.1, 0.15) is 24.1 Å². The van der Waals surface area contributed by atoms with Crippen molar-refractivity contribution in [2.75, 3.05) is 18.9 Å². The fourth-order valence-corrected chi connectivity index (χ4v) is 2.26. The van der Waals surface area contributed by atoms with Crippen molar-refractivity contribution in [2.24, 2.45) is 5.11 Å². The van der Waals surface area contributed by atoms with Gasteiger partial charge in [-0.2, -0.15) is 4.98 Å². The molecule has 5 N–H and O–H groups in total. The highest BCUT2D eigenvalue weighted by molar-refractivity contribution is 5.24. The van der Waals surface area contributed by atoms with Crippen molar-refractivity contribution in [3.8, 4) is 0 Å². The van der Waals surface area contributed by atoms with Gasteiger partial charge in [-0.05, 0) is 11.6 Å². The molecule has 2 rings (SSSR count). The summed E-state index contributed by atoms with van der Waals surface area (Å²) in [5.41, 5.74) is 11.1. The summed E-state index contributed by atoms with van der Waals surface area (Å²) in [4.78, 5) is 18.0. The molecule has 0 aliphatic carbocycles. The first kappa shape index (κ1) is 15.2. The Bertz CT molecular complexity index is 629. The lowest BCUT2D eigenvalue weighted by Crippen LogP contribution is -2.52. The zero-order valence-electron chi connectivity index (χ0n) is 10.8. The molecule has 1 aromatic heterocycles. The van der Waals surface area contributed by atoms with E-state index in [0.717, 1.165) is 4.57 Å². The van der Waals surface area contributed by atoms with Crippen LogP contribution in [0.1, 0.15) is 0 Å². The number of anilines is 1. The number of nitrogens with zero attached hydrogens (tertiary/aromatic N) is 5. The van der Waals surface area contributed by atoms with Crippen LogP contribution in [0, 0.1) is 0 Å². The second-order valence-electron chi connectivity index (χ2n) is 4.51. The third-order valence-corrected chi connectivity index (χ3v) is 3.30. The highest BCUT2D eigenvalue weighted by Crippen LogP contribution is 2.35. The molecule has 0 aromatic carbocycles.